The first-order valence-electron chi connectivity index (χ1n) is 5.70. The zero-order valence-electron chi connectivity index (χ0n) is 10.6. The van der Waals surface area contributed by atoms with Gasteiger partial charge in [-0.25, -0.2) is 5.43 Å². The van der Waals surface area contributed by atoms with Crippen molar-refractivity contribution in [3.05, 3.63) is 63.6 Å². The molecule has 7 nitrogen and oxygen atoms in total. The highest BCUT2D eigenvalue weighted by Crippen LogP contribution is 2.19. The second-order valence-corrected chi connectivity index (χ2v) is 3.97. The van der Waals surface area contributed by atoms with Crippen LogP contribution < -0.4 is 5.43 Å². The molecule has 2 rings (SSSR count). The third-order valence-corrected chi connectivity index (χ3v) is 2.57. The van der Waals surface area contributed by atoms with Gasteiger partial charge in [0.2, 0.25) is 0 Å². The van der Waals surface area contributed by atoms with Gasteiger partial charge in [0.25, 0.3) is 11.6 Å². The van der Waals surface area contributed by atoms with E-state index >= 15 is 0 Å². The summed E-state index contributed by atoms with van der Waals surface area (Å²) in [6.45, 7) is 1.61. The Morgan fingerprint density at radius 2 is 2.25 bits per heavy atom. The van der Waals surface area contributed by atoms with Gasteiger partial charge in [0.15, 0.2) is 0 Å². The minimum atomic E-state index is -0.532. The number of hydrazone groups is 1. The summed E-state index contributed by atoms with van der Waals surface area (Å²) in [6.07, 6.45) is 2.81. The number of nitrogens with one attached hydrogen (secondary N) is 1. The van der Waals surface area contributed by atoms with Crippen LogP contribution in [-0.2, 0) is 0 Å². The van der Waals surface area contributed by atoms with Crippen molar-refractivity contribution >= 4 is 17.8 Å². The first kappa shape index (κ1) is 13.5. The van der Waals surface area contributed by atoms with Gasteiger partial charge in [-0.3, -0.25) is 14.9 Å². The van der Waals surface area contributed by atoms with Crippen molar-refractivity contribution in [2.45, 2.75) is 6.92 Å². The number of amides is 1. The summed E-state index contributed by atoms with van der Waals surface area (Å²) in [4.78, 5) is 22.0. The van der Waals surface area contributed by atoms with Crippen molar-refractivity contribution in [2.75, 3.05) is 0 Å². The number of rotatable bonds is 4. The van der Waals surface area contributed by atoms with Crippen LogP contribution in [0.2, 0.25) is 0 Å². The second kappa shape index (κ2) is 5.79. The highest BCUT2D eigenvalue weighted by Gasteiger charge is 2.14. The fourth-order valence-electron chi connectivity index (χ4n) is 1.53. The van der Waals surface area contributed by atoms with Crippen LogP contribution in [0.3, 0.4) is 0 Å². The fraction of sp³-hybridized carbons (Fsp3) is 0.0769. The molecule has 102 valence electrons. The molecule has 1 N–H and O–H groups in total. The Balaban J connectivity index is 2.09. The van der Waals surface area contributed by atoms with Crippen molar-refractivity contribution in [2.24, 2.45) is 5.10 Å². The lowest BCUT2D eigenvalue weighted by molar-refractivity contribution is -0.385. The maximum Gasteiger partial charge on any atom is 0.273 e. The zero-order chi connectivity index (χ0) is 14.5. The Kier molecular flexibility index (Phi) is 3.90. The van der Waals surface area contributed by atoms with Crippen molar-refractivity contribution in [1.82, 2.24) is 5.43 Å². The lowest BCUT2D eigenvalue weighted by atomic mass is 10.1. The highest BCUT2D eigenvalue weighted by atomic mass is 16.6. The van der Waals surface area contributed by atoms with Crippen LogP contribution >= 0.6 is 0 Å². The summed E-state index contributed by atoms with van der Waals surface area (Å²) in [7, 11) is 0. The van der Waals surface area contributed by atoms with E-state index in [1.165, 1.54) is 30.7 Å². The first-order chi connectivity index (χ1) is 9.58. The van der Waals surface area contributed by atoms with E-state index in [4.69, 9.17) is 4.42 Å². The number of nitro groups is 1. The number of carbonyl (C=O) groups is 1. The van der Waals surface area contributed by atoms with Gasteiger partial charge in [-0.15, -0.1) is 0 Å². The molecule has 7 heteroatoms. The highest BCUT2D eigenvalue weighted by molar-refractivity contribution is 5.95. The predicted octanol–water partition coefficient (Wildman–Crippen LogP) is 2.26. The molecule has 1 heterocycles. The molecule has 1 aromatic carbocycles. The van der Waals surface area contributed by atoms with E-state index in [1.807, 2.05) is 0 Å². The van der Waals surface area contributed by atoms with Gasteiger partial charge in [0.1, 0.15) is 5.76 Å². The van der Waals surface area contributed by atoms with Gasteiger partial charge in [-0.2, -0.15) is 5.10 Å². The Morgan fingerprint density at radius 1 is 1.45 bits per heavy atom. The number of carbonyl (C=O) groups excluding carboxylic acids is 1. The molecule has 0 aliphatic rings. The summed E-state index contributed by atoms with van der Waals surface area (Å²) in [5, 5.41) is 14.5. The van der Waals surface area contributed by atoms with E-state index in [0.717, 1.165) is 0 Å². The van der Waals surface area contributed by atoms with E-state index in [-0.39, 0.29) is 11.3 Å². The lowest BCUT2D eigenvalue weighted by Gasteiger charge is -2.01. The van der Waals surface area contributed by atoms with Crippen molar-refractivity contribution in [1.29, 1.82) is 0 Å². The predicted molar refractivity (Wildman–Crippen MR) is 71.6 cm³/mol. The quantitative estimate of drug-likeness (QED) is 0.524. The largest absolute Gasteiger partial charge is 0.463 e. The molecule has 0 radical (unpaired) electrons. The van der Waals surface area contributed by atoms with Crippen LogP contribution in [0.25, 0.3) is 0 Å². The van der Waals surface area contributed by atoms with E-state index in [0.29, 0.717) is 11.3 Å². The summed E-state index contributed by atoms with van der Waals surface area (Å²) >= 11 is 0. The third kappa shape index (κ3) is 3.08. The molecule has 2 aromatic rings. The van der Waals surface area contributed by atoms with Gasteiger partial charge in [0.05, 0.1) is 17.4 Å². The SMILES string of the molecule is Cc1ccc(C(=O)N/N=C\c2ccco2)cc1[N+](=O)[O-]. The summed E-state index contributed by atoms with van der Waals surface area (Å²) < 4.78 is 5.00. The number of hydrogen-bond donors (Lipinski definition) is 1. The van der Waals surface area contributed by atoms with Gasteiger partial charge in [-0.05, 0) is 25.1 Å². The Hall–Kier alpha value is -2.96. The lowest BCUT2D eigenvalue weighted by Crippen LogP contribution is -2.17. The van der Waals surface area contributed by atoms with Crippen LogP contribution in [0.5, 0.6) is 0 Å². The number of hydrogen-bond acceptors (Lipinski definition) is 5. The number of aryl methyl sites for hydroxylation is 1. The summed E-state index contributed by atoms with van der Waals surface area (Å²) in [5.41, 5.74) is 2.82. The number of nitro benzene ring substituents is 1. The molecule has 1 amide bonds. The van der Waals surface area contributed by atoms with Crippen LogP contribution in [0.1, 0.15) is 21.7 Å². The second-order valence-electron chi connectivity index (χ2n) is 3.97. The molecule has 0 unspecified atom stereocenters. The first-order valence-corrected chi connectivity index (χ1v) is 5.70. The molecule has 0 bridgehead atoms. The molecular weight excluding hydrogens is 262 g/mol. The van der Waals surface area contributed by atoms with Crippen LogP contribution in [0, 0.1) is 17.0 Å². The third-order valence-electron chi connectivity index (χ3n) is 2.57. The van der Waals surface area contributed by atoms with Crippen LogP contribution in [0.4, 0.5) is 5.69 Å². The molecule has 0 atom stereocenters. The Labute approximate surface area is 114 Å². The average molecular weight is 273 g/mol. The van der Waals surface area contributed by atoms with E-state index in [1.54, 1.807) is 19.1 Å². The van der Waals surface area contributed by atoms with E-state index < -0.39 is 10.8 Å². The molecule has 0 saturated carbocycles. The van der Waals surface area contributed by atoms with Crippen molar-refractivity contribution in [3.63, 3.8) is 0 Å². The van der Waals surface area contributed by atoms with Crippen molar-refractivity contribution < 1.29 is 14.1 Å². The monoisotopic (exact) mass is 273 g/mol. The minimum absolute atomic E-state index is 0.104. The number of nitrogens with zero attached hydrogens (tertiary/aromatic N) is 2. The summed E-state index contributed by atoms with van der Waals surface area (Å²) in [6, 6.07) is 7.59. The van der Waals surface area contributed by atoms with E-state index in [9.17, 15) is 14.9 Å². The van der Waals surface area contributed by atoms with Gasteiger partial charge in [-0.1, -0.05) is 6.07 Å². The van der Waals surface area contributed by atoms with Gasteiger partial charge < -0.3 is 4.42 Å². The van der Waals surface area contributed by atoms with Crippen molar-refractivity contribution in [3.8, 4) is 0 Å². The molecule has 20 heavy (non-hydrogen) atoms. The maximum absolute atomic E-state index is 11.8. The molecule has 0 spiro atoms. The van der Waals surface area contributed by atoms with E-state index in [2.05, 4.69) is 10.5 Å². The minimum Gasteiger partial charge on any atom is -0.463 e. The summed E-state index contributed by atoms with van der Waals surface area (Å²) in [5.74, 6) is -0.0453. The molecule has 0 aliphatic heterocycles. The van der Waals surface area contributed by atoms with Gasteiger partial charge >= 0.3 is 0 Å². The number of benzene rings is 1. The number of furan rings is 1. The fourth-order valence-corrected chi connectivity index (χ4v) is 1.53. The van der Waals surface area contributed by atoms with Crippen LogP contribution in [-0.4, -0.2) is 17.0 Å². The maximum atomic E-state index is 11.8. The normalized spacial score (nSPS) is 10.7. The average Bonchev–Trinajstić information content (AvgIpc) is 2.92. The molecular formula is C13H11N3O4. The molecule has 0 fully saturated rings. The topological polar surface area (TPSA) is 97.7 Å². The smallest absolute Gasteiger partial charge is 0.273 e. The molecule has 1 aromatic heterocycles. The zero-order valence-corrected chi connectivity index (χ0v) is 10.6. The van der Waals surface area contributed by atoms with Crippen LogP contribution in [0.15, 0.2) is 46.1 Å². The Bertz CT molecular complexity index is 662. The molecule has 0 aliphatic carbocycles. The Morgan fingerprint density at radius 3 is 2.90 bits per heavy atom. The molecule has 0 saturated heterocycles. The van der Waals surface area contributed by atoms with Gasteiger partial charge in [0, 0.05) is 17.2 Å². The standard InChI is InChI=1S/C13H11N3O4/c1-9-4-5-10(7-12(9)16(18)19)13(17)15-14-8-11-3-2-6-20-11/h2-8H,1H3,(H,15,17)/b14-8-.